The summed E-state index contributed by atoms with van der Waals surface area (Å²) < 4.78 is 10.6. The largest absolute Gasteiger partial charge is 0.493 e. The molecule has 1 saturated carbocycles. The molecule has 0 aromatic heterocycles. The normalized spacial score (nSPS) is 25.4. The number of hydrogen-bond donors (Lipinski definition) is 1. The van der Waals surface area contributed by atoms with E-state index in [1.165, 1.54) is 31.4 Å². The highest BCUT2D eigenvalue weighted by Crippen LogP contribution is 2.33. The molecule has 22 heavy (non-hydrogen) atoms. The molecule has 1 aliphatic carbocycles. The Labute approximate surface area is 133 Å². The lowest BCUT2D eigenvalue weighted by molar-refractivity contribution is 0.255. The summed E-state index contributed by atoms with van der Waals surface area (Å²) in [7, 11) is 3.36. The minimum absolute atomic E-state index is 0.649. The first-order chi connectivity index (χ1) is 10.7. The molecule has 2 fully saturated rings. The Balaban J connectivity index is 1.47. The summed E-state index contributed by atoms with van der Waals surface area (Å²) in [5.74, 6) is 1.61. The highest BCUT2D eigenvalue weighted by molar-refractivity contribution is 5.42. The molecular formula is C18H28N2O2. The highest BCUT2D eigenvalue weighted by atomic mass is 16.5. The molecule has 0 spiro atoms. The quantitative estimate of drug-likeness (QED) is 0.839. The van der Waals surface area contributed by atoms with Gasteiger partial charge in [0.15, 0.2) is 11.5 Å². The Hall–Kier alpha value is -1.26. The van der Waals surface area contributed by atoms with Crippen LogP contribution in [-0.4, -0.2) is 50.3 Å². The summed E-state index contributed by atoms with van der Waals surface area (Å²) in [6, 6.07) is 8.46. The van der Waals surface area contributed by atoms with Gasteiger partial charge < -0.3 is 14.8 Å². The standard InChI is InChI=1S/C18H28N2O2/c1-13-10-15(12-20(13)16-5-6-16)19-9-8-14-4-7-17(21-2)18(11-14)22-3/h4,7,11,13,15-16,19H,5-6,8-10,12H2,1-3H3/t13-,15+/m1/s1. The number of hydrogen-bond acceptors (Lipinski definition) is 4. The minimum Gasteiger partial charge on any atom is -0.493 e. The molecule has 1 N–H and O–H groups in total. The second-order valence-corrected chi connectivity index (χ2v) is 6.60. The minimum atomic E-state index is 0.649. The van der Waals surface area contributed by atoms with E-state index >= 15 is 0 Å². The van der Waals surface area contributed by atoms with Gasteiger partial charge in [0.05, 0.1) is 14.2 Å². The van der Waals surface area contributed by atoms with Gasteiger partial charge in [0.2, 0.25) is 0 Å². The van der Waals surface area contributed by atoms with Crippen molar-refractivity contribution in [3.05, 3.63) is 23.8 Å². The van der Waals surface area contributed by atoms with Gasteiger partial charge >= 0.3 is 0 Å². The van der Waals surface area contributed by atoms with Crippen LogP contribution in [0.1, 0.15) is 31.7 Å². The molecule has 122 valence electrons. The van der Waals surface area contributed by atoms with Crippen LogP contribution in [-0.2, 0) is 6.42 Å². The average Bonchev–Trinajstić information content (AvgIpc) is 3.31. The molecule has 4 heteroatoms. The summed E-state index contributed by atoms with van der Waals surface area (Å²) in [5, 5.41) is 3.73. The summed E-state index contributed by atoms with van der Waals surface area (Å²) in [6.45, 7) is 4.61. The van der Waals surface area contributed by atoms with Gasteiger partial charge in [0, 0.05) is 24.7 Å². The Kier molecular flexibility index (Phi) is 4.89. The maximum atomic E-state index is 5.37. The van der Waals surface area contributed by atoms with Gasteiger partial charge in [-0.3, -0.25) is 4.90 Å². The number of nitrogens with zero attached hydrogens (tertiary/aromatic N) is 1. The number of benzene rings is 1. The molecule has 1 heterocycles. The van der Waals surface area contributed by atoms with Gasteiger partial charge in [0.1, 0.15) is 0 Å². The van der Waals surface area contributed by atoms with Crippen LogP contribution in [0.25, 0.3) is 0 Å². The van der Waals surface area contributed by atoms with Crippen molar-refractivity contribution in [3.8, 4) is 11.5 Å². The SMILES string of the molecule is COc1ccc(CCN[C@H]2C[C@@H](C)N(C3CC3)C2)cc1OC. The zero-order chi connectivity index (χ0) is 15.5. The Morgan fingerprint density at radius 2 is 1.95 bits per heavy atom. The van der Waals surface area contributed by atoms with Crippen LogP contribution in [0.5, 0.6) is 11.5 Å². The van der Waals surface area contributed by atoms with E-state index in [-0.39, 0.29) is 0 Å². The number of likely N-dealkylation sites (tertiary alicyclic amines) is 1. The zero-order valence-electron chi connectivity index (χ0n) is 14.0. The molecule has 2 aliphatic rings. The number of rotatable bonds is 7. The van der Waals surface area contributed by atoms with Crippen LogP contribution in [0, 0.1) is 0 Å². The average molecular weight is 304 g/mol. The van der Waals surface area contributed by atoms with Gasteiger partial charge in [-0.15, -0.1) is 0 Å². The third-order valence-electron chi connectivity index (χ3n) is 4.93. The molecule has 0 unspecified atom stereocenters. The molecule has 1 aromatic carbocycles. The fraction of sp³-hybridized carbons (Fsp3) is 0.667. The van der Waals surface area contributed by atoms with Crippen LogP contribution >= 0.6 is 0 Å². The first-order valence-corrected chi connectivity index (χ1v) is 8.41. The molecule has 0 bridgehead atoms. The van der Waals surface area contributed by atoms with E-state index in [2.05, 4.69) is 29.3 Å². The molecule has 4 nitrogen and oxygen atoms in total. The van der Waals surface area contributed by atoms with Crippen molar-refractivity contribution in [3.63, 3.8) is 0 Å². The predicted molar refractivity (Wildman–Crippen MR) is 88.8 cm³/mol. The summed E-state index contributed by atoms with van der Waals surface area (Å²) in [6.07, 6.45) is 5.11. The topological polar surface area (TPSA) is 33.7 Å². The van der Waals surface area contributed by atoms with Crippen molar-refractivity contribution in [2.75, 3.05) is 27.3 Å². The molecule has 0 amide bonds. The molecule has 2 atom stereocenters. The zero-order valence-corrected chi connectivity index (χ0v) is 14.0. The molecule has 1 aromatic rings. The van der Waals surface area contributed by atoms with Crippen molar-refractivity contribution >= 4 is 0 Å². The van der Waals surface area contributed by atoms with Crippen LogP contribution < -0.4 is 14.8 Å². The van der Waals surface area contributed by atoms with E-state index in [9.17, 15) is 0 Å². The molecular weight excluding hydrogens is 276 g/mol. The van der Waals surface area contributed by atoms with Crippen molar-refractivity contribution in [2.24, 2.45) is 0 Å². The molecule has 1 saturated heterocycles. The van der Waals surface area contributed by atoms with E-state index in [0.717, 1.165) is 36.5 Å². The van der Waals surface area contributed by atoms with Crippen molar-refractivity contribution < 1.29 is 9.47 Å². The van der Waals surface area contributed by atoms with Crippen LogP contribution in [0.4, 0.5) is 0 Å². The van der Waals surface area contributed by atoms with Gasteiger partial charge in [-0.1, -0.05) is 6.07 Å². The van der Waals surface area contributed by atoms with Gasteiger partial charge in [0.25, 0.3) is 0 Å². The lowest BCUT2D eigenvalue weighted by Gasteiger charge is -2.19. The fourth-order valence-electron chi connectivity index (χ4n) is 3.58. The molecule has 0 radical (unpaired) electrons. The maximum absolute atomic E-state index is 5.37. The van der Waals surface area contributed by atoms with Crippen LogP contribution in [0.3, 0.4) is 0 Å². The first-order valence-electron chi connectivity index (χ1n) is 8.41. The van der Waals surface area contributed by atoms with E-state index in [4.69, 9.17) is 9.47 Å². The maximum Gasteiger partial charge on any atom is 0.160 e. The van der Waals surface area contributed by atoms with E-state index in [0.29, 0.717) is 6.04 Å². The van der Waals surface area contributed by atoms with Crippen molar-refractivity contribution in [2.45, 2.75) is 50.7 Å². The van der Waals surface area contributed by atoms with E-state index < -0.39 is 0 Å². The summed E-state index contributed by atoms with van der Waals surface area (Å²) in [4.78, 5) is 2.69. The third kappa shape index (κ3) is 3.55. The fourth-order valence-corrected chi connectivity index (χ4v) is 3.58. The summed E-state index contributed by atoms with van der Waals surface area (Å²) >= 11 is 0. The van der Waals surface area contributed by atoms with Crippen LogP contribution in [0.2, 0.25) is 0 Å². The smallest absolute Gasteiger partial charge is 0.160 e. The van der Waals surface area contributed by atoms with E-state index in [1.54, 1.807) is 14.2 Å². The monoisotopic (exact) mass is 304 g/mol. The van der Waals surface area contributed by atoms with Gasteiger partial charge in [-0.25, -0.2) is 0 Å². The molecule has 3 rings (SSSR count). The number of ether oxygens (including phenoxy) is 2. The lowest BCUT2D eigenvalue weighted by atomic mass is 10.1. The van der Waals surface area contributed by atoms with Gasteiger partial charge in [-0.2, -0.15) is 0 Å². The van der Waals surface area contributed by atoms with Crippen molar-refractivity contribution in [1.82, 2.24) is 10.2 Å². The first kappa shape index (κ1) is 15.6. The predicted octanol–water partition coefficient (Wildman–Crippen LogP) is 2.46. The Morgan fingerprint density at radius 3 is 2.64 bits per heavy atom. The highest BCUT2D eigenvalue weighted by Gasteiger charge is 2.38. The molecule has 1 aliphatic heterocycles. The number of methoxy groups -OCH3 is 2. The number of nitrogens with one attached hydrogen (secondary N) is 1. The Bertz CT molecular complexity index is 502. The lowest BCUT2D eigenvalue weighted by Crippen LogP contribution is -2.35. The van der Waals surface area contributed by atoms with Gasteiger partial charge in [-0.05, 0) is 56.8 Å². The summed E-state index contributed by atoms with van der Waals surface area (Å²) in [5.41, 5.74) is 1.29. The Morgan fingerprint density at radius 1 is 1.18 bits per heavy atom. The second kappa shape index (κ2) is 6.88. The second-order valence-electron chi connectivity index (χ2n) is 6.60. The third-order valence-corrected chi connectivity index (χ3v) is 4.93. The van der Waals surface area contributed by atoms with E-state index in [1.807, 2.05) is 6.07 Å². The van der Waals surface area contributed by atoms with Crippen molar-refractivity contribution in [1.29, 1.82) is 0 Å². The van der Waals surface area contributed by atoms with Crippen LogP contribution in [0.15, 0.2) is 18.2 Å².